The number of fused-ring (bicyclic) bond motifs is 2. The van der Waals surface area contributed by atoms with Crippen molar-refractivity contribution in [2.24, 2.45) is 11.8 Å². The van der Waals surface area contributed by atoms with E-state index in [-0.39, 0.29) is 6.04 Å². The highest BCUT2D eigenvalue weighted by Crippen LogP contribution is 2.36. The van der Waals surface area contributed by atoms with Gasteiger partial charge in [0.1, 0.15) is 0 Å². The first-order valence-corrected chi connectivity index (χ1v) is 11.5. The smallest absolute Gasteiger partial charge is 0.157 e. The first kappa shape index (κ1) is 20.3. The number of likely N-dealkylation sites (tertiary alicyclic amines) is 1. The lowest BCUT2D eigenvalue weighted by molar-refractivity contribution is 0.178. The zero-order valence-electron chi connectivity index (χ0n) is 19.1. The SMILES string of the molecule is Cc1cccc([C@@H](C)Nc2nncc3ccc(N4CC5CCN(C)CC5C4)cc23)c1C. The standard InChI is InChI=1S/C26H33N5/c1-17-6-5-7-24(18(17)2)19(3)28-26-25-12-23(9-8-20(25)13-27-29-26)31-15-21-10-11-30(4)14-22(21)16-31/h5-9,12-13,19,21-22H,10-11,14-16H2,1-4H3,(H,28,29)/t19-,21?,22?/m1/s1. The molecule has 3 atom stereocenters. The van der Waals surface area contributed by atoms with Gasteiger partial charge in [-0.15, -0.1) is 5.10 Å². The van der Waals surface area contributed by atoms with Crippen LogP contribution in [0.2, 0.25) is 0 Å². The van der Waals surface area contributed by atoms with Gasteiger partial charge in [-0.3, -0.25) is 0 Å². The van der Waals surface area contributed by atoms with Gasteiger partial charge in [0, 0.05) is 36.1 Å². The fraction of sp³-hybridized carbons (Fsp3) is 0.462. The summed E-state index contributed by atoms with van der Waals surface area (Å²) < 4.78 is 0. The maximum atomic E-state index is 4.49. The molecule has 0 amide bonds. The number of piperidine rings is 1. The van der Waals surface area contributed by atoms with Crippen molar-refractivity contribution in [3.05, 3.63) is 59.3 Å². The lowest BCUT2D eigenvalue weighted by Gasteiger charge is -2.31. The lowest BCUT2D eigenvalue weighted by Crippen LogP contribution is -2.37. The van der Waals surface area contributed by atoms with E-state index in [1.807, 2.05) is 6.20 Å². The topological polar surface area (TPSA) is 44.3 Å². The second-order valence-electron chi connectivity index (χ2n) is 9.60. The minimum absolute atomic E-state index is 0.161. The normalized spacial score (nSPS) is 22.5. The highest BCUT2D eigenvalue weighted by atomic mass is 15.2. The quantitative estimate of drug-likeness (QED) is 0.663. The minimum Gasteiger partial charge on any atom is -0.371 e. The van der Waals surface area contributed by atoms with E-state index in [1.54, 1.807) is 0 Å². The van der Waals surface area contributed by atoms with Crippen LogP contribution in [0.4, 0.5) is 11.5 Å². The molecule has 1 aromatic heterocycles. The zero-order chi connectivity index (χ0) is 21.5. The fourth-order valence-corrected chi connectivity index (χ4v) is 5.45. The zero-order valence-corrected chi connectivity index (χ0v) is 19.1. The van der Waals surface area contributed by atoms with Crippen molar-refractivity contribution < 1.29 is 0 Å². The summed E-state index contributed by atoms with van der Waals surface area (Å²) >= 11 is 0. The summed E-state index contributed by atoms with van der Waals surface area (Å²) in [6, 6.07) is 13.4. The monoisotopic (exact) mass is 415 g/mol. The van der Waals surface area contributed by atoms with Crippen molar-refractivity contribution in [2.45, 2.75) is 33.2 Å². The summed E-state index contributed by atoms with van der Waals surface area (Å²) in [5.41, 5.74) is 5.27. The molecule has 0 radical (unpaired) electrons. The van der Waals surface area contributed by atoms with Crippen molar-refractivity contribution >= 4 is 22.3 Å². The van der Waals surface area contributed by atoms with Crippen LogP contribution >= 0.6 is 0 Å². The van der Waals surface area contributed by atoms with Crippen LogP contribution in [0.1, 0.15) is 36.1 Å². The number of nitrogens with zero attached hydrogens (tertiary/aromatic N) is 4. The van der Waals surface area contributed by atoms with Gasteiger partial charge >= 0.3 is 0 Å². The molecule has 0 bridgehead atoms. The predicted octanol–water partition coefficient (Wildman–Crippen LogP) is 4.81. The van der Waals surface area contributed by atoms with Gasteiger partial charge < -0.3 is 15.1 Å². The van der Waals surface area contributed by atoms with Gasteiger partial charge in [0.25, 0.3) is 0 Å². The molecule has 0 aliphatic carbocycles. The highest BCUT2D eigenvalue weighted by Gasteiger charge is 2.36. The third-order valence-electron chi connectivity index (χ3n) is 7.48. The minimum atomic E-state index is 0.161. The molecule has 2 saturated heterocycles. The van der Waals surface area contributed by atoms with Gasteiger partial charge in [-0.2, -0.15) is 5.10 Å². The number of anilines is 2. The predicted molar refractivity (Wildman–Crippen MR) is 129 cm³/mol. The Morgan fingerprint density at radius 2 is 1.90 bits per heavy atom. The highest BCUT2D eigenvalue weighted by molar-refractivity contribution is 5.93. The second kappa shape index (κ2) is 8.12. The van der Waals surface area contributed by atoms with Crippen molar-refractivity contribution in [3.63, 3.8) is 0 Å². The Morgan fingerprint density at radius 3 is 2.77 bits per heavy atom. The molecule has 5 nitrogen and oxygen atoms in total. The first-order valence-electron chi connectivity index (χ1n) is 11.5. The van der Waals surface area contributed by atoms with E-state index in [0.29, 0.717) is 0 Å². The molecule has 3 aromatic rings. The molecule has 5 rings (SSSR count). The Balaban J connectivity index is 1.43. The number of hydrogen-bond acceptors (Lipinski definition) is 5. The molecule has 162 valence electrons. The van der Waals surface area contributed by atoms with Crippen LogP contribution < -0.4 is 10.2 Å². The van der Waals surface area contributed by atoms with Gasteiger partial charge in [-0.25, -0.2) is 0 Å². The van der Waals surface area contributed by atoms with Crippen LogP contribution in [0.15, 0.2) is 42.6 Å². The summed E-state index contributed by atoms with van der Waals surface area (Å²) in [4.78, 5) is 5.06. The van der Waals surface area contributed by atoms with Gasteiger partial charge in [-0.1, -0.05) is 24.3 Å². The Bertz CT molecular complexity index is 1090. The number of rotatable bonds is 4. The third kappa shape index (κ3) is 3.87. The van der Waals surface area contributed by atoms with Crippen molar-refractivity contribution in [1.29, 1.82) is 0 Å². The molecule has 31 heavy (non-hydrogen) atoms. The number of aromatic nitrogens is 2. The first-order chi connectivity index (χ1) is 15.0. The van der Waals surface area contributed by atoms with Crippen molar-refractivity contribution in [2.75, 3.05) is 43.4 Å². The van der Waals surface area contributed by atoms with E-state index in [4.69, 9.17) is 0 Å². The Hall–Kier alpha value is -2.66. The molecule has 2 fully saturated rings. The summed E-state index contributed by atoms with van der Waals surface area (Å²) in [5.74, 6) is 2.47. The summed E-state index contributed by atoms with van der Waals surface area (Å²) in [5, 5.41) is 14.7. The second-order valence-corrected chi connectivity index (χ2v) is 9.60. The summed E-state index contributed by atoms with van der Waals surface area (Å²) in [7, 11) is 2.25. The molecule has 2 unspecified atom stereocenters. The van der Waals surface area contributed by atoms with E-state index in [2.05, 4.69) is 89.5 Å². The van der Waals surface area contributed by atoms with Crippen LogP contribution in [0.3, 0.4) is 0 Å². The molecular formula is C26H33N5. The molecule has 3 heterocycles. The fourth-order valence-electron chi connectivity index (χ4n) is 5.45. The molecule has 1 N–H and O–H groups in total. The summed E-state index contributed by atoms with van der Waals surface area (Å²) in [6.45, 7) is 11.3. The molecule has 5 heteroatoms. The molecule has 0 saturated carbocycles. The number of hydrogen-bond donors (Lipinski definition) is 1. The van der Waals surface area contributed by atoms with Gasteiger partial charge in [0.15, 0.2) is 5.82 Å². The number of nitrogens with one attached hydrogen (secondary N) is 1. The van der Waals surface area contributed by atoms with Crippen molar-refractivity contribution in [3.8, 4) is 0 Å². The van der Waals surface area contributed by atoms with Gasteiger partial charge in [-0.05, 0) is 81.4 Å². The van der Waals surface area contributed by atoms with Crippen LogP contribution in [0.5, 0.6) is 0 Å². The average molecular weight is 416 g/mol. The maximum absolute atomic E-state index is 4.49. The van der Waals surface area contributed by atoms with Gasteiger partial charge in [0.2, 0.25) is 0 Å². The Labute approximate surface area is 185 Å². The molecule has 0 spiro atoms. The Morgan fingerprint density at radius 1 is 1.06 bits per heavy atom. The van der Waals surface area contributed by atoms with E-state index < -0.39 is 0 Å². The van der Waals surface area contributed by atoms with Crippen LogP contribution in [-0.4, -0.2) is 48.3 Å². The van der Waals surface area contributed by atoms with E-state index in [0.717, 1.165) is 35.0 Å². The van der Waals surface area contributed by atoms with Gasteiger partial charge in [0.05, 0.1) is 12.2 Å². The van der Waals surface area contributed by atoms with Crippen LogP contribution in [0.25, 0.3) is 10.8 Å². The molecule has 2 aliphatic rings. The van der Waals surface area contributed by atoms with E-state index in [9.17, 15) is 0 Å². The Kier molecular flexibility index (Phi) is 5.30. The number of aryl methyl sites for hydroxylation is 1. The average Bonchev–Trinajstić information content (AvgIpc) is 3.18. The van der Waals surface area contributed by atoms with E-state index in [1.165, 1.54) is 48.4 Å². The van der Waals surface area contributed by atoms with Crippen LogP contribution in [0, 0.1) is 25.7 Å². The van der Waals surface area contributed by atoms with Crippen LogP contribution in [-0.2, 0) is 0 Å². The largest absolute Gasteiger partial charge is 0.371 e. The molecular weight excluding hydrogens is 382 g/mol. The van der Waals surface area contributed by atoms with E-state index >= 15 is 0 Å². The molecule has 2 aliphatic heterocycles. The maximum Gasteiger partial charge on any atom is 0.157 e. The molecule has 2 aromatic carbocycles. The lowest BCUT2D eigenvalue weighted by atomic mass is 9.89. The summed E-state index contributed by atoms with van der Waals surface area (Å²) in [6.07, 6.45) is 3.18. The third-order valence-corrected chi connectivity index (χ3v) is 7.48. The van der Waals surface area contributed by atoms with Crippen molar-refractivity contribution in [1.82, 2.24) is 15.1 Å². The number of benzene rings is 2.